The first kappa shape index (κ1) is 10.4. The fraction of sp³-hybridized carbons (Fsp3) is 0.250. The van der Waals surface area contributed by atoms with Crippen LogP contribution < -0.4 is 10.6 Å². The Labute approximate surface area is 102 Å². The molecule has 1 heteroatoms. The van der Waals surface area contributed by atoms with Crippen molar-refractivity contribution >= 4 is 12.2 Å². The lowest BCUT2D eigenvalue weighted by Crippen LogP contribution is -2.30. The highest BCUT2D eigenvalue weighted by Crippen LogP contribution is 2.28. The Balaban J connectivity index is 2.11. The van der Waals surface area contributed by atoms with Crippen LogP contribution in [0.15, 0.2) is 36.5 Å². The number of benzene rings is 1. The number of aromatic amines is 1. The molecule has 1 aromatic heterocycles. The summed E-state index contributed by atoms with van der Waals surface area (Å²) in [6.45, 7) is 4.44. The van der Waals surface area contributed by atoms with E-state index in [0.717, 1.165) is 0 Å². The highest BCUT2D eigenvalue weighted by atomic mass is 14.6. The van der Waals surface area contributed by atoms with E-state index < -0.39 is 0 Å². The predicted molar refractivity (Wildman–Crippen MR) is 72.1 cm³/mol. The average Bonchev–Trinajstić information content (AvgIpc) is 2.75. The van der Waals surface area contributed by atoms with E-state index in [0.29, 0.717) is 11.8 Å². The standard InChI is InChI=1S/C16H17N/c1-11-4-3-5-13(8-11)15-10-14-6-7-17-16(14)9-12(15)2/h3-10,12,15,17H,1-2H3. The van der Waals surface area contributed by atoms with Crippen LogP contribution in [0.5, 0.6) is 0 Å². The van der Waals surface area contributed by atoms with E-state index in [1.165, 1.54) is 21.7 Å². The zero-order chi connectivity index (χ0) is 11.8. The Morgan fingerprint density at radius 3 is 2.82 bits per heavy atom. The summed E-state index contributed by atoms with van der Waals surface area (Å²) in [5.41, 5.74) is 2.75. The van der Waals surface area contributed by atoms with Crippen molar-refractivity contribution in [2.45, 2.75) is 19.8 Å². The van der Waals surface area contributed by atoms with Crippen molar-refractivity contribution in [2.24, 2.45) is 5.92 Å². The number of aryl methyl sites for hydroxylation is 1. The van der Waals surface area contributed by atoms with Crippen molar-refractivity contribution in [1.29, 1.82) is 0 Å². The van der Waals surface area contributed by atoms with Crippen LogP contribution in [-0.2, 0) is 0 Å². The number of H-pyrrole nitrogens is 1. The Morgan fingerprint density at radius 1 is 1.12 bits per heavy atom. The van der Waals surface area contributed by atoms with Gasteiger partial charge in [0.25, 0.3) is 0 Å². The second-order valence-corrected chi connectivity index (χ2v) is 4.98. The molecular weight excluding hydrogens is 206 g/mol. The number of rotatable bonds is 1. The molecule has 2 unspecified atom stereocenters. The Morgan fingerprint density at radius 2 is 2.00 bits per heavy atom. The molecule has 1 N–H and O–H groups in total. The molecule has 17 heavy (non-hydrogen) atoms. The lowest BCUT2D eigenvalue weighted by molar-refractivity contribution is 0.691. The maximum absolute atomic E-state index is 3.28. The maximum Gasteiger partial charge on any atom is 0.0413 e. The predicted octanol–water partition coefficient (Wildman–Crippen LogP) is 2.32. The third-order valence-electron chi connectivity index (χ3n) is 3.59. The lowest BCUT2D eigenvalue weighted by Gasteiger charge is -2.21. The van der Waals surface area contributed by atoms with E-state index in [2.05, 4.69) is 61.3 Å². The molecule has 1 nitrogen and oxygen atoms in total. The summed E-state index contributed by atoms with van der Waals surface area (Å²) in [7, 11) is 0. The molecule has 3 rings (SSSR count). The van der Waals surface area contributed by atoms with E-state index in [1.54, 1.807) is 0 Å². The Kier molecular flexibility index (Phi) is 2.40. The van der Waals surface area contributed by atoms with Gasteiger partial charge in [-0.25, -0.2) is 0 Å². The van der Waals surface area contributed by atoms with Crippen molar-refractivity contribution < 1.29 is 0 Å². The van der Waals surface area contributed by atoms with Crippen molar-refractivity contribution in [2.75, 3.05) is 0 Å². The highest BCUT2D eigenvalue weighted by Gasteiger charge is 2.18. The average molecular weight is 223 g/mol. The second kappa shape index (κ2) is 3.92. The molecular formula is C16H17N. The van der Waals surface area contributed by atoms with Crippen LogP contribution in [0.3, 0.4) is 0 Å². The lowest BCUT2D eigenvalue weighted by atomic mass is 9.83. The summed E-state index contributed by atoms with van der Waals surface area (Å²) in [5, 5.41) is 2.59. The van der Waals surface area contributed by atoms with E-state index in [4.69, 9.17) is 0 Å². The summed E-state index contributed by atoms with van der Waals surface area (Å²) in [5.74, 6) is 1.04. The monoisotopic (exact) mass is 223 g/mol. The van der Waals surface area contributed by atoms with Crippen molar-refractivity contribution in [3.63, 3.8) is 0 Å². The van der Waals surface area contributed by atoms with Crippen molar-refractivity contribution in [1.82, 2.24) is 4.98 Å². The molecule has 1 aliphatic rings. The molecule has 2 aromatic rings. The largest absolute Gasteiger partial charge is 0.361 e. The Bertz CT molecular complexity index is 648. The van der Waals surface area contributed by atoms with Gasteiger partial charge in [-0.2, -0.15) is 0 Å². The van der Waals surface area contributed by atoms with E-state index >= 15 is 0 Å². The first-order valence-electron chi connectivity index (χ1n) is 6.18. The molecule has 1 aromatic carbocycles. The van der Waals surface area contributed by atoms with Gasteiger partial charge in [-0.3, -0.25) is 0 Å². The fourth-order valence-electron chi connectivity index (χ4n) is 2.67. The van der Waals surface area contributed by atoms with Crippen LogP contribution in [0.1, 0.15) is 24.0 Å². The van der Waals surface area contributed by atoms with Crippen LogP contribution in [0.2, 0.25) is 0 Å². The number of aromatic nitrogens is 1. The van der Waals surface area contributed by atoms with Gasteiger partial charge in [0.15, 0.2) is 0 Å². The molecule has 0 saturated heterocycles. The number of fused-ring (bicyclic) bond motifs is 1. The number of hydrogen-bond acceptors (Lipinski definition) is 0. The van der Waals surface area contributed by atoms with Gasteiger partial charge in [0.1, 0.15) is 0 Å². The first-order valence-corrected chi connectivity index (χ1v) is 6.18. The molecule has 0 saturated carbocycles. The van der Waals surface area contributed by atoms with Gasteiger partial charge in [0.05, 0.1) is 0 Å². The van der Waals surface area contributed by atoms with Crippen LogP contribution in [0.25, 0.3) is 12.2 Å². The van der Waals surface area contributed by atoms with Crippen molar-refractivity contribution in [3.05, 3.63) is 58.2 Å². The number of hydrogen-bond donors (Lipinski definition) is 1. The first-order chi connectivity index (χ1) is 8.24. The van der Waals surface area contributed by atoms with E-state index in [-0.39, 0.29) is 0 Å². The summed E-state index contributed by atoms with van der Waals surface area (Å²) in [6, 6.07) is 11.0. The normalized spacial score (nSPS) is 22.5. The van der Waals surface area contributed by atoms with Crippen molar-refractivity contribution in [3.8, 4) is 0 Å². The molecule has 0 aliphatic heterocycles. The highest BCUT2D eigenvalue weighted by molar-refractivity contribution is 5.49. The molecule has 1 heterocycles. The minimum Gasteiger partial charge on any atom is -0.361 e. The minimum atomic E-state index is 0.498. The molecule has 0 amide bonds. The van der Waals surface area contributed by atoms with Gasteiger partial charge in [-0.15, -0.1) is 0 Å². The summed E-state index contributed by atoms with van der Waals surface area (Å²) < 4.78 is 0. The van der Waals surface area contributed by atoms with Gasteiger partial charge in [0, 0.05) is 17.5 Å². The minimum absolute atomic E-state index is 0.498. The van der Waals surface area contributed by atoms with Gasteiger partial charge in [-0.1, -0.05) is 48.9 Å². The second-order valence-electron chi connectivity index (χ2n) is 4.98. The van der Waals surface area contributed by atoms with Crippen LogP contribution >= 0.6 is 0 Å². The van der Waals surface area contributed by atoms with Gasteiger partial charge in [-0.05, 0) is 29.7 Å². The van der Waals surface area contributed by atoms with E-state index in [9.17, 15) is 0 Å². The maximum atomic E-state index is 3.28. The SMILES string of the molecule is Cc1cccc(C2C=c3cc[nH]c3=CC2C)c1. The van der Waals surface area contributed by atoms with Crippen LogP contribution in [0.4, 0.5) is 0 Å². The molecule has 0 radical (unpaired) electrons. The molecule has 2 atom stereocenters. The van der Waals surface area contributed by atoms with Gasteiger partial charge in [0.2, 0.25) is 0 Å². The molecule has 0 bridgehead atoms. The number of nitrogens with one attached hydrogen (secondary N) is 1. The topological polar surface area (TPSA) is 15.8 Å². The molecule has 0 fully saturated rings. The summed E-state index contributed by atoms with van der Waals surface area (Å²) in [6.07, 6.45) is 6.73. The Hall–Kier alpha value is -1.76. The zero-order valence-electron chi connectivity index (χ0n) is 10.3. The molecule has 1 aliphatic carbocycles. The summed E-state index contributed by atoms with van der Waals surface area (Å²) >= 11 is 0. The van der Waals surface area contributed by atoms with Gasteiger partial charge < -0.3 is 4.98 Å². The third-order valence-corrected chi connectivity index (χ3v) is 3.59. The van der Waals surface area contributed by atoms with E-state index in [1.807, 2.05) is 6.20 Å². The van der Waals surface area contributed by atoms with Crippen LogP contribution in [-0.4, -0.2) is 4.98 Å². The summed E-state index contributed by atoms with van der Waals surface area (Å²) in [4.78, 5) is 3.28. The molecule has 0 spiro atoms. The quantitative estimate of drug-likeness (QED) is 0.763. The smallest absolute Gasteiger partial charge is 0.0413 e. The van der Waals surface area contributed by atoms with Gasteiger partial charge >= 0.3 is 0 Å². The third kappa shape index (κ3) is 1.82. The fourth-order valence-corrected chi connectivity index (χ4v) is 2.67. The zero-order valence-corrected chi connectivity index (χ0v) is 10.3. The van der Waals surface area contributed by atoms with Crippen LogP contribution in [0, 0.1) is 12.8 Å². The molecule has 86 valence electrons.